The second kappa shape index (κ2) is 7.82. The summed E-state index contributed by atoms with van der Waals surface area (Å²) >= 11 is 6.14. The maximum absolute atomic E-state index is 12.7. The summed E-state index contributed by atoms with van der Waals surface area (Å²) in [6.45, 7) is 3.48. The first-order chi connectivity index (χ1) is 12.7. The Hall–Kier alpha value is -2.19. The van der Waals surface area contributed by atoms with Crippen molar-refractivity contribution in [1.82, 2.24) is 9.97 Å². The molecule has 1 aromatic heterocycles. The zero-order valence-corrected chi connectivity index (χ0v) is 16.8. The predicted molar refractivity (Wildman–Crippen MR) is 106 cm³/mol. The third-order valence-corrected chi connectivity index (χ3v) is 5.56. The standard InChI is InChI=1S/C18H21ClN4O3S/c1-12-13(11-27(2,25)26)6-5-7-15(12)21-17(24)16-14(19)10-20-18(22-16)23-8-3-4-9-23/h5-7,10H,3-4,8-9,11H2,1-2H3,(H,21,24). The van der Waals surface area contributed by atoms with Gasteiger partial charge in [-0.15, -0.1) is 0 Å². The lowest BCUT2D eigenvalue weighted by Gasteiger charge is -2.16. The van der Waals surface area contributed by atoms with E-state index in [0.717, 1.165) is 25.9 Å². The number of anilines is 2. The fourth-order valence-corrected chi connectivity index (χ4v) is 4.08. The Labute approximate surface area is 163 Å². The van der Waals surface area contributed by atoms with E-state index in [2.05, 4.69) is 15.3 Å². The van der Waals surface area contributed by atoms with Crippen LogP contribution >= 0.6 is 11.6 Å². The van der Waals surface area contributed by atoms with Crippen molar-refractivity contribution < 1.29 is 13.2 Å². The van der Waals surface area contributed by atoms with Gasteiger partial charge in [-0.2, -0.15) is 0 Å². The molecule has 7 nitrogen and oxygen atoms in total. The average molecular weight is 409 g/mol. The van der Waals surface area contributed by atoms with Crippen LogP contribution < -0.4 is 10.2 Å². The summed E-state index contributed by atoms with van der Waals surface area (Å²) in [5.74, 6) is -0.0531. The van der Waals surface area contributed by atoms with Gasteiger partial charge in [-0.25, -0.2) is 18.4 Å². The molecule has 1 fully saturated rings. The summed E-state index contributed by atoms with van der Waals surface area (Å²) in [6.07, 6.45) is 4.75. The maximum atomic E-state index is 12.7. The highest BCUT2D eigenvalue weighted by Gasteiger charge is 2.20. The van der Waals surface area contributed by atoms with Crippen LogP contribution in [0.25, 0.3) is 0 Å². The Morgan fingerprint density at radius 3 is 2.67 bits per heavy atom. The molecular weight excluding hydrogens is 388 g/mol. The van der Waals surface area contributed by atoms with Crippen molar-refractivity contribution in [2.75, 3.05) is 29.6 Å². The smallest absolute Gasteiger partial charge is 0.276 e. The topological polar surface area (TPSA) is 92.3 Å². The molecule has 0 saturated carbocycles. The number of halogens is 1. The van der Waals surface area contributed by atoms with Crippen molar-refractivity contribution in [3.05, 3.63) is 46.2 Å². The van der Waals surface area contributed by atoms with Crippen LogP contribution in [-0.2, 0) is 15.6 Å². The number of sulfone groups is 1. The first-order valence-electron chi connectivity index (χ1n) is 8.59. The quantitative estimate of drug-likeness (QED) is 0.817. The van der Waals surface area contributed by atoms with Crippen LogP contribution in [0, 0.1) is 6.92 Å². The molecule has 144 valence electrons. The van der Waals surface area contributed by atoms with Gasteiger partial charge in [0.05, 0.1) is 17.0 Å². The number of hydrogen-bond acceptors (Lipinski definition) is 6. The van der Waals surface area contributed by atoms with Crippen molar-refractivity contribution in [2.45, 2.75) is 25.5 Å². The Kier molecular flexibility index (Phi) is 5.67. The predicted octanol–water partition coefficient (Wildman–Crippen LogP) is 2.84. The number of rotatable bonds is 5. The van der Waals surface area contributed by atoms with Crippen LogP contribution in [0.4, 0.5) is 11.6 Å². The van der Waals surface area contributed by atoms with Gasteiger partial charge in [-0.05, 0) is 37.0 Å². The first-order valence-corrected chi connectivity index (χ1v) is 11.0. The lowest BCUT2D eigenvalue weighted by molar-refractivity contribution is 0.102. The van der Waals surface area contributed by atoms with Crippen molar-refractivity contribution >= 4 is 39.0 Å². The SMILES string of the molecule is Cc1c(CS(C)(=O)=O)cccc1NC(=O)c1nc(N2CCCC2)ncc1Cl. The highest BCUT2D eigenvalue weighted by molar-refractivity contribution is 7.89. The largest absolute Gasteiger partial charge is 0.341 e. The molecule has 0 radical (unpaired) electrons. The third-order valence-electron chi connectivity index (χ3n) is 4.45. The van der Waals surface area contributed by atoms with Gasteiger partial charge in [-0.1, -0.05) is 23.7 Å². The molecule has 1 aliphatic rings. The van der Waals surface area contributed by atoms with E-state index in [1.165, 1.54) is 12.5 Å². The van der Waals surface area contributed by atoms with Gasteiger partial charge in [0.15, 0.2) is 15.5 Å². The van der Waals surface area contributed by atoms with Crippen LogP contribution in [0.15, 0.2) is 24.4 Å². The van der Waals surface area contributed by atoms with Gasteiger partial charge in [0.1, 0.15) is 0 Å². The summed E-state index contributed by atoms with van der Waals surface area (Å²) in [5.41, 5.74) is 1.96. The second-order valence-corrected chi connectivity index (χ2v) is 9.22. The summed E-state index contributed by atoms with van der Waals surface area (Å²) < 4.78 is 23.2. The summed E-state index contributed by atoms with van der Waals surface area (Å²) in [7, 11) is -3.18. The Morgan fingerprint density at radius 2 is 2.00 bits per heavy atom. The lowest BCUT2D eigenvalue weighted by Crippen LogP contribution is -2.23. The van der Waals surface area contributed by atoms with Gasteiger partial charge in [-0.3, -0.25) is 4.79 Å². The minimum atomic E-state index is -3.18. The summed E-state index contributed by atoms with van der Waals surface area (Å²) in [4.78, 5) is 23.3. The van der Waals surface area contributed by atoms with E-state index < -0.39 is 15.7 Å². The molecule has 3 rings (SSSR count). The van der Waals surface area contributed by atoms with E-state index in [0.29, 0.717) is 22.8 Å². The summed E-state index contributed by atoms with van der Waals surface area (Å²) in [5, 5.41) is 2.95. The molecule has 1 N–H and O–H groups in total. The molecule has 2 aromatic rings. The third kappa shape index (κ3) is 4.75. The van der Waals surface area contributed by atoms with E-state index in [9.17, 15) is 13.2 Å². The number of benzene rings is 1. The van der Waals surface area contributed by atoms with Crippen LogP contribution in [0.1, 0.15) is 34.5 Å². The average Bonchev–Trinajstić information content (AvgIpc) is 3.12. The van der Waals surface area contributed by atoms with Gasteiger partial charge in [0.2, 0.25) is 5.95 Å². The zero-order valence-electron chi connectivity index (χ0n) is 15.2. The van der Waals surface area contributed by atoms with Gasteiger partial charge >= 0.3 is 0 Å². The molecule has 27 heavy (non-hydrogen) atoms. The van der Waals surface area contributed by atoms with Crippen LogP contribution in [0.5, 0.6) is 0 Å². The molecule has 1 aromatic carbocycles. The van der Waals surface area contributed by atoms with Crippen LogP contribution in [0.2, 0.25) is 5.02 Å². The minimum absolute atomic E-state index is 0.0874. The number of carbonyl (C=O) groups excluding carboxylic acids is 1. The fourth-order valence-electron chi connectivity index (χ4n) is 3.03. The van der Waals surface area contributed by atoms with Crippen molar-refractivity contribution in [2.24, 2.45) is 0 Å². The molecule has 0 unspecified atom stereocenters. The van der Waals surface area contributed by atoms with Crippen LogP contribution in [0.3, 0.4) is 0 Å². The molecular formula is C18H21ClN4O3S. The van der Waals surface area contributed by atoms with E-state index in [-0.39, 0.29) is 16.5 Å². The number of nitrogens with zero attached hydrogens (tertiary/aromatic N) is 3. The van der Waals surface area contributed by atoms with Crippen molar-refractivity contribution in [1.29, 1.82) is 0 Å². The monoisotopic (exact) mass is 408 g/mol. The molecule has 0 atom stereocenters. The van der Waals surface area contributed by atoms with E-state index in [1.54, 1.807) is 25.1 Å². The summed E-state index contributed by atoms with van der Waals surface area (Å²) in [6, 6.07) is 5.16. The number of hydrogen-bond donors (Lipinski definition) is 1. The van der Waals surface area contributed by atoms with Gasteiger partial charge in [0, 0.05) is 25.0 Å². The number of nitrogens with one attached hydrogen (secondary N) is 1. The zero-order chi connectivity index (χ0) is 19.6. The highest BCUT2D eigenvalue weighted by atomic mass is 35.5. The molecule has 1 aliphatic heterocycles. The Morgan fingerprint density at radius 1 is 1.30 bits per heavy atom. The van der Waals surface area contributed by atoms with E-state index >= 15 is 0 Å². The second-order valence-electron chi connectivity index (χ2n) is 6.67. The first kappa shape index (κ1) is 19.6. The fraction of sp³-hybridized carbons (Fsp3) is 0.389. The molecule has 0 aliphatic carbocycles. The van der Waals surface area contributed by atoms with Gasteiger partial charge < -0.3 is 10.2 Å². The minimum Gasteiger partial charge on any atom is -0.341 e. The molecule has 0 spiro atoms. The number of aromatic nitrogens is 2. The highest BCUT2D eigenvalue weighted by Crippen LogP contribution is 2.24. The molecule has 2 heterocycles. The lowest BCUT2D eigenvalue weighted by atomic mass is 10.1. The molecule has 9 heteroatoms. The van der Waals surface area contributed by atoms with E-state index in [4.69, 9.17) is 11.6 Å². The van der Waals surface area contributed by atoms with E-state index in [1.807, 2.05) is 4.90 Å². The maximum Gasteiger partial charge on any atom is 0.276 e. The molecule has 0 bridgehead atoms. The van der Waals surface area contributed by atoms with Crippen molar-refractivity contribution in [3.8, 4) is 0 Å². The molecule has 1 amide bonds. The number of carbonyl (C=O) groups is 1. The Bertz CT molecular complexity index is 973. The normalized spacial score (nSPS) is 14.4. The van der Waals surface area contributed by atoms with Crippen molar-refractivity contribution in [3.63, 3.8) is 0 Å². The van der Waals surface area contributed by atoms with Crippen LogP contribution in [-0.4, -0.2) is 43.6 Å². The Balaban J connectivity index is 1.85. The van der Waals surface area contributed by atoms with Gasteiger partial charge in [0.25, 0.3) is 5.91 Å². The molecule has 1 saturated heterocycles. The number of amides is 1.